The van der Waals surface area contributed by atoms with Crippen molar-refractivity contribution < 1.29 is 4.42 Å². The van der Waals surface area contributed by atoms with Gasteiger partial charge in [0.15, 0.2) is 5.58 Å². The summed E-state index contributed by atoms with van der Waals surface area (Å²) in [5, 5.41) is 7.51. The third kappa shape index (κ3) is 2.44. The summed E-state index contributed by atoms with van der Waals surface area (Å²) in [6.45, 7) is 2.13. The van der Waals surface area contributed by atoms with Gasteiger partial charge in [-0.1, -0.05) is 84.4 Å². The van der Waals surface area contributed by atoms with E-state index in [0.717, 1.165) is 16.7 Å². The maximum absolute atomic E-state index is 6.14. The van der Waals surface area contributed by atoms with Gasteiger partial charge < -0.3 is 4.42 Å². The van der Waals surface area contributed by atoms with Crippen molar-refractivity contribution in [1.82, 2.24) is 4.98 Å². The van der Waals surface area contributed by atoms with Crippen molar-refractivity contribution in [2.75, 3.05) is 0 Å². The quantitative estimate of drug-likeness (QED) is 0.268. The highest BCUT2D eigenvalue weighted by Gasteiger charge is 2.17. The SMILES string of the molecule is Cc1ccc(-c2ccc3ccc4c(-c5nc6ccccc6o5)ccc5ccc2c3c54)cc1. The molecule has 0 aliphatic heterocycles. The Bertz CT molecular complexity index is 1740. The minimum Gasteiger partial charge on any atom is -0.436 e. The average Bonchev–Trinajstić information content (AvgIpc) is 3.27. The molecule has 7 rings (SSSR count). The summed E-state index contributed by atoms with van der Waals surface area (Å²) < 4.78 is 6.14. The van der Waals surface area contributed by atoms with Crippen molar-refractivity contribution in [3.63, 3.8) is 0 Å². The van der Waals surface area contributed by atoms with Crippen LogP contribution in [0.15, 0.2) is 101 Å². The number of fused-ring (bicyclic) bond motifs is 1. The number of aryl methyl sites for hydroxylation is 1. The number of oxazole rings is 1. The molecule has 0 amide bonds. The van der Waals surface area contributed by atoms with Gasteiger partial charge >= 0.3 is 0 Å². The topological polar surface area (TPSA) is 26.0 Å². The van der Waals surface area contributed by atoms with Crippen LogP contribution in [0.2, 0.25) is 0 Å². The Morgan fingerprint density at radius 1 is 0.594 bits per heavy atom. The van der Waals surface area contributed by atoms with Crippen molar-refractivity contribution in [1.29, 1.82) is 0 Å². The molecular weight excluding hydrogens is 390 g/mol. The van der Waals surface area contributed by atoms with Crippen molar-refractivity contribution in [3.8, 4) is 22.6 Å². The second kappa shape index (κ2) is 6.41. The van der Waals surface area contributed by atoms with Crippen LogP contribution in [0.25, 0.3) is 66.0 Å². The Hall–Kier alpha value is -4.17. The predicted molar refractivity (Wildman–Crippen MR) is 133 cm³/mol. The molecule has 0 saturated heterocycles. The molecule has 6 aromatic carbocycles. The van der Waals surface area contributed by atoms with Gasteiger partial charge in [0.05, 0.1) is 0 Å². The monoisotopic (exact) mass is 409 g/mol. The van der Waals surface area contributed by atoms with Crippen LogP contribution in [-0.4, -0.2) is 4.98 Å². The number of benzene rings is 6. The van der Waals surface area contributed by atoms with Crippen LogP contribution in [0.4, 0.5) is 0 Å². The normalized spacial score (nSPS) is 11.9. The molecule has 0 radical (unpaired) electrons. The second-order valence-electron chi connectivity index (χ2n) is 8.50. The van der Waals surface area contributed by atoms with E-state index in [1.54, 1.807) is 0 Å². The minimum atomic E-state index is 0.669. The van der Waals surface area contributed by atoms with Crippen LogP contribution in [-0.2, 0) is 0 Å². The molecule has 32 heavy (non-hydrogen) atoms. The van der Waals surface area contributed by atoms with Gasteiger partial charge in [0, 0.05) is 5.56 Å². The van der Waals surface area contributed by atoms with Crippen LogP contribution in [0, 0.1) is 6.92 Å². The summed E-state index contributed by atoms with van der Waals surface area (Å²) in [6.07, 6.45) is 0. The Morgan fingerprint density at radius 2 is 1.22 bits per heavy atom. The first kappa shape index (κ1) is 17.5. The lowest BCUT2D eigenvalue weighted by Crippen LogP contribution is -1.89. The van der Waals surface area contributed by atoms with E-state index in [1.165, 1.54) is 49.0 Å². The van der Waals surface area contributed by atoms with Crippen LogP contribution in [0.3, 0.4) is 0 Å². The first-order valence-electron chi connectivity index (χ1n) is 10.9. The summed E-state index contributed by atoms with van der Waals surface area (Å²) in [4.78, 5) is 4.77. The maximum atomic E-state index is 6.14. The number of hydrogen-bond acceptors (Lipinski definition) is 2. The highest BCUT2D eigenvalue weighted by atomic mass is 16.3. The van der Waals surface area contributed by atoms with E-state index in [9.17, 15) is 0 Å². The molecule has 0 N–H and O–H groups in total. The Balaban J connectivity index is 1.56. The second-order valence-corrected chi connectivity index (χ2v) is 8.50. The van der Waals surface area contributed by atoms with E-state index < -0.39 is 0 Å². The van der Waals surface area contributed by atoms with Crippen LogP contribution in [0.5, 0.6) is 0 Å². The molecule has 0 aliphatic rings. The largest absolute Gasteiger partial charge is 0.436 e. The molecule has 0 bridgehead atoms. The fourth-order valence-electron chi connectivity index (χ4n) is 4.96. The van der Waals surface area contributed by atoms with E-state index in [0.29, 0.717) is 5.89 Å². The van der Waals surface area contributed by atoms with E-state index in [2.05, 4.69) is 79.7 Å². The maximum Gasteiger partial charge on any atom is 0.227 e. The Labute approximate surface area is 185 Å². The molecule has 0 atom stereocenters. The van der Waals surface area contributed by atoms with Crippen molar-refractivity contribution >= 4 is 43.4 Å². The summed E-state index contributed by atoms with van der Waals surface area (Å²) in [6, 6.07) is 34.4. The zero-order chi connectivity index (χ0) is 21.2. The molecular formula is C30H19NO. The molecule has 0 unspecified atom stereocenters. The molecule has 0 fully saturated rings. The molecule has 0 aliphatic carbocycles. The number of para-hydroxylation sites is 2. The molecule has 1 heterocycles. The van der Waals surface area contributed by atoms with Gasteiger partial charge in [0.2, 0.25) is 5.89 Å². The molecule has 2 nitrogen and oxygen atoms in total. The summed E-state index contributed by atoms with van der Waals surface area (Å²) in [5.74, 6) is 0.669. The first-order chi connectivity index (χ1) is 15.8. The smallest absolute Gasteiger partial charge is 0.227 e. The fourth-order valence-corrected chi connectivity index (χ4v) is 4.96. The van der Waals surface area contributed by atoms with Gasteiger partial charge in [-0.2, -0.15) is 0 Å². The van der Waals surface area contributed by atoms with Gasteiger partial charge in [-0.15, -0.1) is 0 Å². The lowest BCUT2D eigenvalue weighted by molar-refractivity contribution is 0.620. The summed E-state index contributed by atoms with van der Waals surface area (Å²) in [5.41, 5.74) is 6.51. The van der Waals surface area contributed by atoms with Crippen molar-refractivity contribution in [2.45, 2.75) is 6.92 Å². The highest BCUT2D eigenvalue weighted by Crippen LogP contribution is 2.42. The molecule has 150 valence electrons. The highest BCUT2D eigenvalue weighted by molar-refractivity contribution is 6.27. The summed E-state index contributed by atoms with van der Waals surface area (Å²) >= 11 is 0. The summed E-state index contributed by atoms with van der Waals surface area (Å²) in [7, 11) is 0. The predicted octanol–water partition coefficient (Wildman–Crippen LogP) is 8.37. The van der Waals surface area contributed by atoms with Crippen LogP contribution >= 0.6 is 0 Å². The van der Waals surface area contributed by atoms with Crippen molar-refractivity contribution in [2.24, 2.45) is 0 Å². The fraction of sp³-hybridized carbons (Fsp3) is 0.0333. The van der Waals surface area contributed by atoms with Crippen LogP contribution < -0.4 is 0 Å². The molecule has 1 aromatic heterocycles. The van der Waals surface area contributed by atoms with Gasteiger partial charge in [0.1, 0.15) is 5.52 Å². The van der Waals surface area contributed by atoms with Gasteiger partial charge in [-0.3, -0.25) is 0 Å². The van der Waals surface area contributed by atoms with E-state index >= 15 is 0 Å². The molecule has 0 spiro atoms. The van der Waals surface area contributed by atoms with Crippen LogP contribution in [0.1, 0.15) is 5.56 Å². The van der Waals surface area contributed by atoms with Gasteiger partial charge in [-0.05, 0) is 68.6 Å². The third-order valence-corrected chi connectivity index (χ3v) is 6.55. The molecule has 2 heteroatoms. The van der Waals surface area contributed by atoms with Crippen molar-refractivity contribution in [3.05, 3.63) is 103 Å². The van der Waals surface area contributed by atoms with E-state index in [-0.39, 0.29) is 0 Å². The molecule has 7 aromatic rings. The number of aromatic nitrogens is 1. The lowest BCUT2D eigenvalue weighted by Gasteiger charge is -2.15. The van der Waals surface area contributed by atoms with Gasteiger partial charge in [0.25, 0.3) is 0 Å². The van der Waals surface area contributed by atoms with Gasteiger partial charge in [-0.25, -0.2) is 4.98 Å². The third-order valence-electron chi connectivity index (χ3n) is 6.55. The van der Waals surface area contributed by atoms with E-state index in [4.69, 9.17) is 9.40 Å². The number of hydrogen-bond donors (Lipinski definition) is 0. The minimum absolute atomic E-state index is 0.669. The zero-order valence-electron chi connectivity index (χ0n) is 17.6. The standard InChI is InChI=1S/C30H19NO/c1-18-6-8-19(9-7-18)22-14-10-20-12-16-24-25(30-31-26-4-2-3-5-27(26)32-30)17-13-21-11-15-23(22)28(20)29(21)24/h2-17H,1H3. The molecule has 0 saturated carbocycles. The Morgan fingerprint density at radius 3 is 1.94 bits per heavy atom. The zero-order valence-corrected chi connectivity index (χ0v) is 17.6. The Kier molecular flexibility index (Phi) is 3.51. The average molecular weight is 409 g/mol. The van der Waals surface area contributed by atoms with E-state index in [1.807, 2.05) is 24.3 Å². The first-order valence-corrected chi connectivity index (χ1v) is 10.9. The lowest BCUT2D eigenvalue weighted by atomic mass is 9.88. The number of rotatable bonds is 2. The number of nitrogens with zero attached hydrogens (tertiary/aromatic N) is 1.